The number of hydrogen-bond donors (Lipinski definition) is 1. The fourth-order valence-electron chi connectivity index (χ4n) is 5.13. The van der Waals surface area contributed by atoms with E-state index in [1.54, 1.807) is 42.5 Å². The van der Waals surface area contributed by atoms with E-state index in [9.17, 15) is 18.0 Å². The molecule has 7 nitrogen and oxygen atoms in total. The maximum absolute atomic E-state index is 14.6. The lowest BCUT2D eigenvalue weighted by atomic mass is 10.0. The summed E-state index contributed by atoms with van der Waals surface area (Å²) in [6.07, 6.45) is 0.242. The average molecular weight is 646 g/mol. The van der Waals surface area contributed by atoms with Gasteiger partial charge in [0, 0.05) is 24.5 Å². The highest BCUT2D eigenvalue weighted by Gasteiger charge is 2.35. The number of sulfonamides is 1. The molecule has 0 aliphatic rings. The Balaban J connectivity index is 1.82. The van der Waals surface area contributed by atoms with Crippen LogP contribution in [0, 0.1) is 19.8 Å². The molecule has 0 spiro atoms. The van der Waals surface area contributed by atoms with Gasteiger partial charge in [-0.25, -0.2) is 8.42 Å². The van der Waals surface area contributed by atoms with E-state index in [0.29, 0.717) is 22.8 Å². The SMILES string of the molecule is Cc1ccc(N(CC(=O)N(Cc2cccc(Cl)c2)[C@H](Cc2ccccc2)C(=O)NCC(C)C)S(=O)(=O)c2ccccc2)c(C)c1. The highest BCUT2D eigenvalue weighted by atomic mass is 35.5. The zero-order valence-electron chi connectivity index (χ0n) is 26.1. The topological polar surface area (TPSA) is 86.8 Å². The number of anilines is 1. The Morgan fingerprint density at radius 1 is 0.822 bits per heavy atom. The van der Waals surface area contributed by atoms with Gasteiger partial charge >= 0.3 is 0 Å². The van der Waals surface area contributed by atoms with Crippen LogP contribution in [0.2, 0.25) is 5.02 Å². The van der Waals surface area contributed by atoms with Gasteiger partial charge in [0.1, 0.15) is 12.6 Å². The molecule has 1 atom stereocenters. The number of carbonyl (C=O) groups is 2. The number of hydrogen-bond acceptors (Lipinski definition) is 4. The van der Waals surface area contributed by atoms with Crippen LogP contribution in [0.25, 0.3) is 0 Å². The predicted octanol–water partition coefficient (Wildman–Crippen LogP) is 6.56. The third-order valence-corrected chi connectivity index (χ3v) is 9.44. The second-order valence-electron chi connectivity index (χ2n) is 11.6. The zero-order valence-corrected chi connectivity index (χ0v) is 27.7. The molecule has 0 saturated heterocycles. The highest BCUT2D eigenvalue weighted by molar-refractivity contribution is 7.92. The Kier molecular flexibility index (Phi) is 11.4. The van der Waals surface area contributed by atoms with Gasteiger partial charge in [0.2, 0.25) is 11.8 Å². The molecule has 0 aliphatic heterocycles. The van der Waals surface area contributed by atoms with Crippen molar-refractivity contribution in [3.8, 4) is 0 Å². The van der Waals surface area contributed by atoms with Gasteiger partial charge < -0.3 is 10.2 Å². The van der Waals surface area contributed by atoms with E-state index in [-0.39, 0.29) is 29.7 Å². The molecular formula is C36H40ClN3O4S. The predicted molar refractivity (Wildman–Crippen MR) is 181 cm³/mol. The highest BCUT2D eigenvalue weighted by Crippen LogP contribution is 2.28. The molecule has 0 aromatic heterocycles. The van der Waals surface area contributed by atoms with Crippen molar-refractivity contribution in [2.45, 2.75) is 51.6 Å². The van der Waals surface area contributed by atoms with Gasteiger partial charge in [0.25, 0.3) is 10.0 Å². The molecule has 0 radical (unpaired) electrons. The van der Waals surface area contributed by atoms with E-state index < -0.39 is 28.5 Å². The van der Waals surface area contributed by atoms with Crippen molar-refractivity contribution in [1.29, 1.82) is 0 Å². The summed E-state index contributed by atoms with van der Waals surface area (Å²) in [5.41, 5.74) is 3.65. The molecule has 4 aromatic carbocycles. The number of nitrogens with zero attached hydrogens (tertiary/aromatic N) is 2. The fraction of sp³-hybridized carbons (Fsp3) is 0.278. The monoisotopic (exact) mass is 645 g/mol. The van der Waals surface area contributed by atoms with Crippen molar-refractivity contribution in [3.05, 3.63) is 130 Å². The molecule has 45 heavy (non-hydrogen) atoms. The minimum absolute atomic E-state index is 0.0537. The van der Waals surface area contributed by atoms with Crippen molar-refractivity contribution < 1.29 is 18.0 Å². The lowest BCUT2D eigenvalue weighted by Crippen LogP contribution is -2.53. The quantitative estimate of drug-likeness (QED) is 0.178. The molecule has 0 saturated carbocycles. The van der Waals surface area contributed by atoms with Crippen molar-refractivity contribution >= 4 is 39.1 Å². The minimum atomic E-state index is -4.16. The Hall–Kier alpha value is -4.14. The molecule has 0 bridgehead atoms. The number of carbonyl (C=O) groups excluding carboxylic acids is 2. The molecule has 2 amide bonds. The van der Waals surface area contributed by atoms with Crippen LogP contribution in [0.1, 0.15) is 36.1 Å². The van der Waals surface area contributed by atoms with Gasteiger partial charge in [-0.3, -0.25) is 13.9 Å². The number of aryl methyl sites for hydroxylation is 2. The van der Waals surface area contributed by atoms with Crippen molar-refractivity contribution in [3.63, 3.8) is 0 Å². The summed E-state index contributed by atoms with van der Waals surface area (Å²) >= 11 is 6.32. The second-order valence-corrected chi connectivity index (χ2v) is 13.9. The standard InChI is InChI=1S/C36H40ClN3O4S/c1-26(2)23-38-36(42)34(22-29-12-7-5-8-13-29)39(24-30-14-11-15-31(37)21-30)35(41)25-40(33-19-18-27(3)20-28(33)4)45(43,44)32-16-9-6-10-17-32/h5-21,26,34H,22-25H2,1-4H3,(H,38,42)/t34-/m1/s1. The Bertz CT molecular complexity index is 1710. The normalized spacial score (nSPS) is 12.0. The minimum Gasteiger partial charge on any atom is -0.354 e. The number of benzene rings is 4. The summed E-state index contributed by atoms with van der Waals surface area (Å²) in [5, 5.41) is 3.49. The average Bonchev–Trinajstić information content (AvgIpc) is 3.01. The molecule has 4 aromatic rings. The van der Waals surface area contributed by atoms with Gasteiger partial charge in [-0.2, -0.15) is 0 Å². The van der Waals surface area contributed by atoms with Crippen molar-refractivity contribution in [1.82, 2.24) is 10.2 Å². The zero-order chi connectivity index (χ0) is 32.6. The summed E-state index contributed by atoms with van der Waals surface area (Å²) in [6, 6.07) is 29.1. The van der Waals surface area contributed by atoms with Gasteiger partial charge in [-0.1, -0.05) is 104 Å². The van der Waals surface area contributed by atoms with Crippen LogP contribution in [0.15, 0.2) is 108 Å². The van der Waals surface area contributed by atoms with Crippen LogP contribution >= 0.6 is 11.6 Å². The first-order valence-corrected chi connectivity index (χ1v) is 16.8. The summed E-state index contributed by atoms with van der Waals surface area (Å²) < 4.78 is 29.5. The Morgan fingerprint density at radius 3 is 2.09 bits per heavy atom. The molecule has 0 fully saturated rings. The van der Waals surface area contributed by atoms with Gasteiger partial charge in [0.05, 0.1) is 10.6 Å². The van der Waals surface area contributed by atoms with Crippen LogP contribution in [-0.2, 0) is 32.6 Å². The lowest BCUT2D eigenvalue weighted by molar-refractivity contribution is -0.140. The van der Waals surface area contributed by atoms with E-state index in [0.717, 1.165) is 21.0 Å². The molecule has 9 heteroatoms. The first kappa shape index (κ1) is 33.7. The number of nitrogens with one attached hydrogen (secondary N) is 1. The first-order chi connectivity index (χ1) is 21.5. The molecular weight excluding hydrogens is 606 g/mol. The molecule has 1 N–H and O–H groups in total. The lowest BCUT2D eigenvalue weighted by Gasteiger charge is -2.34. The van der Waals surface area contributed by atoms with E-state index in [4.69, 9.17) is 11.6 Å². The summed E-state index contributed by atoms with van der Waals surface area (Å²) in [4.78, 5) is 30.0. The van der Waals surface area contributed by atoms with Crippen LogP contribution in [-0.4, -0.2) is 44.3 Å². The summed E-state index contributed by atoms with van der Waals surface area (Å²) in [7, 11) is -4.16. The van der Waals surface area contributed by atoms with E-state index >= 15 is 0 Å². The number of rotatable bonds is 13. The first-order valence-electron chi connectivity index (χ1n) is 15.0. The van der Waals surface area contributed by atoms with E-state index in [1.165, 1.54) is 17.0 Å². The largest absolute Gasteiger partial charge is 0.354 e. The van der Waals surface area contributed by atoms with Crippen molar-refractivity contribution in [2.75, 3.05) is 17.4 Å². The smallest absolute Gasteiger partial charge is 0.264 e. The maximum atomic E-state index is 14.6. The van der Waals surface area contributed by atoms with Crippen LogP contribution in [0.4, 0.5) is 5.69 Å². The van der Waals surface area contributed by atoms with E-state index in [2.05, 4.69) is 5.32 Å². The number of halogens is 1. The third kappa shape index (κ3) is 8.96. The van der Waals surface area contributed by atoms with Crippen molar-refractivity contribution in [2.24, 2.45) is 5.92 Å². The molecule has 236 valence electrons. The molecule has 0 aliphatic carbocycles. The van der Waals surface area contributed by atoms with Crippen LogP contribution < -0.4 is 9.62 Å². The third-order valence-electron chi connectivity index (χ3n) is 7.43. The second kappa shape index (κ2) is 15.2. The Morgan fingerprint density at radius 2 is 1.47 bits per heavy atom. The summed E-state index contributed by atoms with van der Waals surface area (Å²) in [6.45, 7) is 7.72. The van der Waals surface area contributed by atoms with Gasteiger partial charge in [0.15, 0.2) is 0 Å². The fourth-order valence-corrected chi connectivity index (χ4v) is 6.84. The van der Waals surface area contributed by atoms with Crippen LogP contribution in [0.3, 0.4) is 0 Å². The molecule has 0 heterocycles. The molecule has 0 unspecified atom stereocenters. The van der Waals surface area contributed by atoms with Crippen LogP contribution in [0.5, 0.6) is 0 Å². The molecule has 4 rings (SSSR count). The van der Waals surface area contributed by atoms with Gasteiger partial charge in [-0.15, -0.1) is 0 Å². The summed E-state index contributed by atoms with van der Waals surface area (Å²) in [5.74, 6) is -0.638. The van der Waals surface area contributed by atoms with Gasteiger partial charge in [-0.05, 0) is 66.8 Å². The maximum Gasteiger partial charge on any atom is 0.264 e. The number of amides is 2. The van der Waals surface area contributed by atoms with E-state index in [1.807, 2.05) is 76.2 Å². The Labute approximate surface area is 271 Å².